The van der Waals surface area contributed by atoms with Crippen molar-refractivity contribution < 1.29 is 29.2 Å². The monoisotopic (exact) mass is 426 g/mol. The molecule has 0 bridgehead atoms. The fourth-order valence-electron chi connectivity index (χ4n) is 3.32. The van der Waals surface area contributed by atoms with Crippen LogP contribution in [0.25, 0.3) is 0 Å². The van der Waals surface area contributed by atoms with Gasteiger partial charge in [0.25, 0.3) is 0 Å². The number of hydrogen-bond acceptors (Lipinski definition) is 6. The molecule has 2 aromatic rings. The summed E-state index contributed by atoms with van der Waals surface area (Å²) in [5, 5.41) is 21.8. The molecule has 2 aliphatic heterocycles. The maximum atomic E-state index is 10.6. The van der Waals surface area contributed by atoms with Crippen LogP contribution < -0.4 is 0 Å². The molecule has 2 saturated heterocycles. The van der Waals surface area contributed by atoms with Crippen molar-refractivity contribution in [3.8, 4) is 0 Å². The molecule has 2 aliphatic rings. The summed E-state index contributed by atoms with van der Waals surface area (Å²) < 4.78 is 23.3. The first-order chi connectivity index (χ1) is 13.5. The fraction of sp³-hybridized carbons (Fsp3) is 0.400. The summed E-state index contributed by atoms with van der Waals surface area (Å²) in [6.07, 6.45) is -5.40. The number of halogens is 2. The number of aliphatic hydroxyl groups excluding tert-OH is 2. The lowest BCUT2D eigenvalue weighted by Crippen LogP contribution is -2.46. The van der Waals surface area contributed by atoms with Crippen molar-refractivity contribution >= 4 is 23.2 Å². The van der Waals surface area contributed by atoms with Gasteiger partial charge in [0.15, 0.2) is 12.6 Å². The van der Waals surface area contributed by atoms with Crippen LogP contribution in [0.3, 0.4) is 0 Å². The molecule has 2 N–H and O–H groups in total. The molecule has 2 fully saturated rings. The van der Waals surface area contributed by atoms with E-state index in [-0.39, 0.29) is 13.2 Å². The van der Waals surface area contributed by atoms with Crippen molar-refractivity contribution in [2.45, 2.75) is 37.0 Å². The van der Waals surface area contributed by atoms with Gasteiger partial charge in [-0.15, -0.1) is 0 Å². The third-order valence-electron chi connectivity index (χ3n) is 4.82. The van der Waals surface area contributed by atoms with Crippen molar-refractivity contribution in [3.63, 3.8) is 0 Å². The van der Waals surface area contributed by atoms with Crippen LogP contribution in [0.2, 0.25) is 10.0 Å². The lowest BCUT2D eigenvalue weighted by Gasteiger charge is -2.28. The van der Waals surface area contributed by atoms with Crippen molar-refractivity contribution in [1.29, 1.82) is 0 Å². The summed E-state index contributed by atoms with van der Waals surface area (Å²) in [6, 6.07) is 14.3. The minimum Gasteiger partial charge on any atom is -0.388 e. The van der Waals surface area contributed by atoms with Gasteiger partial charge in [0, 0.05) is 21.2 Å². The smallest absolute Gasteiger partial charge is 0.185 e. The average Bonchev–Trinajstić information content (AvgIpc) is 3.12. The predicted octanol–water partition coefficient (Wildman–Crippen LogP) is 3.24. The Morgan fingerprint density at radius 3 is 1.89 bits per heavy atom. The highest BCUT2D eigenvalue weighted by Gasteiger charge is 2.44. The van der Waals surface area contributed by atoms with Crippen LogP contribution in [0.5, 0.6) is 0 Å². The Hall–Kier alpha value is -1.22. The minimum atomic E-state index is -1.22. The van der Waals surface area contributed by atoms with E-state index in [0.717, 1.165) is 0 Å². The Bertz CT molecular complexity index is 819. The zero-order valence-corrected chi connectivity index (χ0v) is 16.3. The van der Waals surface area contributed by atoms with Crippen molar-refractivity contribution in [1.82, 2.24) is 0 Å². The van der Waals surface area contributed by atoms with E-state index in [4.69, 9.17) is 42.1 Å². The van der Waals surface area contributed by atoms with E-state index < -0.39 is 37.0 Å². The van der Waals surface area contributed by atoms with Crippen LogP contribution in [-0.4, -0.2) is 47.8 Å². The summed E-state index contributed by atoms with van der Waals surface area (Å²) in [5.74, 6) is 0. The Kier molecular flexibility index (Phi) is 6.20. The molecular formula is C20H20Cl2O6. The lowest BCUT2D eigenvalue weighted by molar-refractivity contribution is -0.200. The molecule has 2 heterocycles. The fourth-order valence-corrected chi connectivity index (χ4v) is 3.77. The first-order valence-corrected chi connectivity index (χ1v) is 9.69. The van der Waals surface area contributed by atoms with Gasteiger partial charge in [-0.1, -0.05) is 59.6 Å². The van der Waals surface area contributed by atoms with Crippen molar-refractivity contribution in [2.75, 3.05) is 13.2 Å². The van der Waals surface area contributed by atoms with Crippen LogP contribution >= 0.6 is 23.2 Å². The summed E-state index contributed by atoms with van der Waals surface area (Å²) >= 11 is 12.5. The molecule has 2 aromatic carbocycles. The lowest BCUT2D eigenvalue weighted by atomic mass is 10.0. The summed E-state index contributed by atoms with van der Waals surface area (Å²) in [6.45, 7) is 0.0641. The van der Waals surface area contributed by atoms with Gasteiger partial charge in [-0.2, -0.15) is 0 Å². The number of aliphatic hydroxyl groups is 2. The number of benzene rings is 2. The molecule has 0 aromatic heterocycles. The van der Waals surface area contributed by atoms with E-state index in [1.54, 1.807) is 24.3 Å². The second-order valence-corrected chi connectivity index (χ2v) is 7.52. The first kappa shape index (κ1) is 20.1. The molecule has 0 amide bonds. The Morgan fingerprint density at radius 1 is 0.750 bits per heavy atom. The maximum absolute atomic E-state index is 10.6. The largest absolute Gasteiger partial charge is 0.388 e. The van der Waals surface area contributed by atoms with E-state index in [2.05, 4.69) is 0 Å². The molecular weight excluding hydrogens is 407 g/mol. The molecule has 0 spiro atoms. The molecule has 0 saturated carbocycles. The summed E-state index contributed by atoms with van der Waals surface area (Å²) in [5.41, 5.74) is 1.30. The van der Waals surface area contributed by atoms with Gasteiger partial charge in [0.2, 0.25) is 0 Å². The SMILES string of the molecule is O[C@@H]1[C@H]([C@H]2COC(c3ccccc3Cl)O2)OC(c2ccccc2Cl)OC[C@@H]1O. The first-order valence-electron chi connectivity index (χ1n) is 8.93. The van der Waals surface area contributed by atoms with Crippen molar-refractivity contribution in [2.24, 2.45) is 0 Å². The molecule has 4 rings (SSSR count). The quantitative estimate of drug-likeness (QED) is 0.784. The zero-order valence-electron chi connectivity index (χ0n) is 14.8. The van der Waals surface area contributed by atoms with Crippen molar-refractivity contribution in [3.05, 3.63) is 69.7 Å². The van der Waals surface area contributed by atoms with Gasteiger partial charge in [0.1, 0.15) is 24.4 Å². The normalized spacial score (nSPS) is 33.6. The van der Waals surface area contributed by atoms with Gasteiger partial charge >= 0.3 is 0 Å². The molecule has 6 atom stereocenters. The molecule has 28 heavy (non-hydrogen) atoms. The third-order valence-corrected chi connectivity index (χ3v) is 5.51. The zero-order chi connectivity index (χ0) is 19.7. The Labute approximate surface area is 172 Å². The topological polar surface area (TPSA) is 77.4 Å². The van der Waals surface area contributed by atoms with E-state index in [1.165, 1.54) is 0 Å². The van der Waals surface area contributed by atoms with Crippen LogP contribution in [0.4, 0.5) is 0 Å². The maximum Gasteiger partial charge on any atom is 0.185 e. The van der Waals surface area contributed by atoms with Crippen LogP contribution in [0.15, 0.2) is 48.5 Å². The number of ether oxygens (including phenoxy) is 4. The standard InChI is InChI=1S/C20H20Cl2O6/c21-13-7-3-1-5-11(13)19-26-10-16(27-19)18-17(24)15(23)9-25-20(28-18)12-6-2-4-8-14(12)22/h1-8,15-20,23-24H,9-10H2/t15-,16+,17-,18-,19?,20?/m0/s1. The Morgan fingerprint density at radius 2 is 1.29 bits per heavy atom. The number of rotatable bonds is 3. The highest BCUT2D eigenvalue weighted by atomic mass is 35.5. The number of hydrogen-bond donors (Lipinski definition) is 2. The van der Waals surface area contributed by atoms with Gasteiger partial charge in [-0.25, -0.2) is 0 Å². The van der Waals surface area contributed by atoms with Gasteiger partial charge in [-0.05, 0) is 12.1 Å². The molecule has 150 valence electrons. The van der Waals surface area contributed by atoms with E-state index in [9.17, 15) is 10.2 Å². The van der Waals surface area contributed by atoms with Crippen LogP contribution in [-0.2, 0) is 18.9 Å². The summed E-state index contributed by atoms with van der Waals surface area (Å²) in [4.78, 5) is 0. The molecule has 8 heteroatoms. The molecule has 0 radical (unpaired) electrons. The Balaban J connectivity index is 1.55. The minimum absolute atomic E-state index is 0.102. The second-order valence-electron chi connectivity index (χ2n) is 6.71. The van der Waals surface area contributed by atoms with E-state index in [1.807, 2.05) is 24.3 Å². The molecule has 0 aliphatic carbocycles. The molecule has 2 unspecified atom stereocenters. The molecule has 6 nitrogen and oxygen atoms in total. The van der Waals surface area contributed by atoms with Crippen LogP contribution in [0, 0.1) is 0 Å². The average molecular weight is 427 g/mol. The highest BCUT2D eigenvalue weighted by Crippen LogP contribution is 2.37. The van der Waals surface area contributed by atoms with E-state index in [0.29, 0.717) is 21.2 Å². The van der Waals surface area contributed by atoms with Gasteiger partial charge in [0.05, 0.1) is 13.2 Å². The third kappa shape index (κ3) is 4.06. The van der Waals surface area contributed by atoms with E-state index >= 15 is 0 Å². The highest BCUT2D eigenvalue weighted by molar-refractivity contribution is 6.31. The second kappa shape index (κ2) is 8.65. The van der Waals surface area contributed by atoms with Crippen LogP contribution in [0.1, 0.15) is 23.7 Å². The van der Waals surface area contributed by atoms with Gasteiger partial charge < -0.3 is 29.2 Å². The van der Waals surface area contributed by atoms with Gasteiger partial charge in [-0.3, -0.25) is 0 Å². The summed E-state index contributed by atoms with van der Waals surface area (Å²) in [7, 11) is 0. The predicted molar refractivity (Wildman–Crippen MR) is 102 cm³/mol.